The van der Waals surface area contributed by atoms with Crippen molar-refractivity contribution < 1.29 is 4.74 Å². The average molecular weight is 529 g/mol. The molecule has 0 aliphatic carbocycles. The monoisotopic (exact) mass is 528 g/mol. The van der Waals surface area contributed by atoms with Crippen LogP contribution in [0.2, 0.25) is 0 Å². The van der Waals surface area contributed by atoms with Crippen LogP contribution in [0.1, 0.15) is 52.6 Å². The Balaban J connectivity index is 0.00000300. The molecule has 5 nitrogen and oxygen atoms in total. The van der Waals surface area contributed by atoms with E-state index in [0.29, 0.717) is 12.5 Å². The van der Waals surface area contributed by atoms with Crippen LogP contribution in [-0.4, -0.2) is 30.6 Å². The first-order valence-electron chi connectivity index (χ1n) is 10.2. The molecule has 2 atom stereocenters. The second-order valence-corrected chi connectivity index (χ2v) is 8.71. The zero-order valence-corrected chi connectivity index (χ0v) is 21.0. The molecule has 1 aliphatic heterocycles. The summed E-state index contributed by atoms with van der Waals surface area (Å²) in [4.78, 5) is 10.5. The number of hydrogen-bond acceptors (Lipinski definition) is 4. The van der Waals surface area contributed by atoms with E-state index in [1.165, 1.54) is 16.0 Å². The molecule has 2 aromatic rings. The highest BCUT2D eigenvalue weighted by atomic mass is 127. The predicted molar refractivity (Wildman–Crippen MR) is 132 cm³/mol. The van der Waals surface area contributed by atoms with Crippen LogP contribution >= 0.6 is 35.3 Å². The minimum atomic E-state index is 0. The first-order chi connectivity index (χ1) is 13.6. The SMILES string of the molecule is CCNC(=NCc1sc(C)nc1C)NCC1CCCOC1c1ccc(C)cc1.I. The van der Waals surface area contributed by atoms with Crippen LogP contribution in [-0.2, 0) is 11.3 Å². The number of benzene rings is 1. The first kappa shape index (κ1) is 24.1. The van der Waals surface area contributed by atoms with E-state index in [2.05, 4.69) is 60.7 Å². The van der Waals surface area contributed by atoms with Gasteiger partial charge in [0, 0.05) is 30.5 Å². The number of aliphatic imine (C=N–C) groups is 1. The summed E-state index contributed by atoms with van der Waals surface area (Å²) in [7, 11) is 0. The van der Waals surface area contributed by atoms with Crippen molar-refractivity contribution in [2.45, 2.75) is 53.2 Å². The summed E-state index contributed by atoms with van der Waals surface area (Å²) in [6.45, 7) is 11.5. The lowest BCUT2D eigenvalue weighted by Gasteiger charge is -2.32. The van der Waals surface area contributed by atoms with Gasteiger partial charge in [-0.25, -0.2) is 9.98 Å². The summed E-state index contributed by atoms with van der Waals surface area (Å²) in [5.41, 5.74) is 3.64. The van der Waals surface area contributed by atoms with Crippen molar-refractivity contribution in [3.8, 4) is 0 Å². The Morgan fingerprint density at radius 1 is 1.21 bits per heavy atom. The number of ether oxygens (including phenoxy) is 1. The van der Waals surface area contributed by atoms with Crippen molar-refractivity contribution in [3.05, 3.63) is 51.0 Å². The van der Waals surface area contributed by atoms with Crippen molar-refractivity contribution >= 4 is 41.3 Å². The maximum Gasteiger partial charge on any atom is 0.191 e. The van der Waals surface area contributed by atoms with E-state index in [4.69, 9.17) is 9.73 Å². The van der Waals surface area contributed by atoms with E-state index < -0.39 is 0 Å². The maximum atomic E-state index is 6.15. The lowest BCUT2D eigenvalue weighted by atomic mass is 9.89. The molecule has 7 heteroatoms. The third-order valence-electron chi connectivity index (χ3n) is 5.11. The topological polar surface area (TPSA) is 58.5 Å². The molecule has 160 valence electrons. The van der Waals surface area contributed by atoms with Gasteiger partial charge in [-0.05, 0) is 46.1 Å². The number of nitrogens with zero attached hydrogens (tertiary/aromatic N) is 2. The number of aryl methyl sites for hydroxylation is 3. The number of guanidine groups is 1. The molecule has 0 amide bonds. The summed E-state index contributed by atoms with van der Waals surface area (Å²) >= 11 is 1.73. The smallest absolute Gasteiger partial charge is 0.191 e. The second-order valence-electron chi connectivity index (χ2n) is 7.42. The van der Waals surface area contributed by atoms with Gasteiger partial charge >= 0.3 is 0 Å². The second kappa shape index (κ2) is 11.9. The molecule has 1 aromatic carbocycles. The largest absolute Gasteiger partial charge is 0.373 e. The minimum Gasteiger partial charge on any atom is -0.373 e. The average Bonchev–Trinajstić information content (AvgIpc) is 3.02. The molecule has 0 bridgehead atoms. The van der Waals surface area contributed by atoms with Gasteiger partial charge in [-0.15, -0.1) is 35.3 Å². The highest BCUT2D eigenvalue weighted by Crippen LogP contribution is 2.33. The van der Waals surface area contributed by atoms with Gasteiger partial charge < -0.3 is 15.4 Å². The lowest BCUT2D eigenvalue weighted by molar-refractivity contribution is -0.0265. The normalized spacial score (nSPS) is 19.5. The van der Waals surface area contributed by atoms with Crippen LogP contribution in [0, 0.1) is 26.7 Å². The van der Waals surface area contributed by atoms with Gasteiger partial charge in [0.1, 0.15) is 0 Å². The van der Waals surface area contributed by atoms with E-state index in [1.54, 1.807) is 11.3 Å². The zero-order chi connectivity index (χ0) is 19.9. The third-order valence-corrected chi connectivity index (χ3v) is 6.16. The Labute approximate surface area is 195 Å². The number of rotatable bonds is 6. The van der Waals surface area contributed by atoms with Crippen molar-refractivity contribution in [1.82, 2.24) is 15.6 Å². The molecule has 1 aromatic heterocycles. The molecular weight excluding hydrogens is 495 g/mol. The van der Waals surface area contributed by atoms with E-state index >= 15 is 0 Å². The van der Waals surface area contributed by atoms with Crippen molar-refractivity contribution in [2.24, 2.45) is 10.9 Å². The van der Waals surface area contributed by atoms with Crippen LogP contribution in [0.4, 0.5) is 0 Å². The Bertz CT molecular complexity index is 791. The molecule has 3 rings (SSSR count). The summed E-state index contributed by atoms with van der Waals surface area (Å²) in [5, 5.41) is 8.00. The summed E-state index contributed by atoms with van der Waals surface area (Å²) in [6.07, 6.45) is 2.43. The Kier molecular flexibility index (Phi) is 9.85. The predicted octanol–water partition coefficient (Wildman–Crippen LogP) is 4.91. The highest BCUT2D eigenvalue weighted by Gasteiger charge is 2.27. The van der Waals surface area contributed by atoms with E-state index in [9.17, 15) is 0 Å². The molecule has 0 spiro atoms. The van der Waals surface area contributed by atoms with Crippen LogP contribution in [0.3, 0.4) is 0 Å². The number of thiazole rings is 1. The van der Waals surface area contributed by atoms with Gasteiger partial charge in [0.2, 0.25) is 0 Å². The molecule has 2 unspecified atom stereocenters. The zero-order valence-electron chi connectivity index (χ0n) is 17.8. The summed E-state index contributed by atoms with van der Waals surface area (Å²) < 4.78 is 6.15. The van der Waals surface area contributed by atoms with Gasteiger partial charge in [0.15, 0.2) is 5.96 Å². The minimum absolute atomic E-state index is 0. The molecule has 0 saturated carbocycles. The molecule has 29 heavy (non-hydrogen) atoms. The Hall–Kier alpha value is -1.19. The molecule has 1 saturated heterocycles. The first-order valence-corrected chi connectivity index (χ1v) is 11.0. The van der Waals surface area contributed by atoms with Crippen molar-refractivity contribution in [3.63, 3.8) is 0 Å². The number of halogens is 1. The molecular formula is C22H33IN4OS. The fourth-order valence-corrected chi connectivity index (χ4v) is 4.48. The van der Waals surface area contributed by atoms with Crippen LogP contribution in [0.25, 0.3) is 0 Å². The third kappa shape index (κ3) is 6.93. The molecule has 2 N–H and O–H groups in total. The van der Waals surface area contributed by atoms with E-state index in [1.807, 2.05) is 6.92 Å². The van der Waals surface area contributed by atoms with Gasteiger partial charge in [0.25, 0.3) is 0 Å². The van der Waals surface area contributed by atoms with Crippen LogP contribution in [0.15, 0.2) is 29.3 Å². The highest BCUT2D eigenvalue weighted by molar-refractivity contribution is 14.0. The Morgan fingerprint density at radius 2 is 1.97 bits per heavy atom. The van der Waals surface area contributed by atoms with Crippen molar-refractivity contribution in [2.75, 3.05) is 19.7 Å². The lowest BCUT2D eigenvalue weighted by Crippen LogP contribution is -2.42. The molecule has 1 aliphatic rings. The molecule has 1 fully saturated rings. The van der Waals surface area contributed by atoms with Gasteiger partial charge in [-0.1, -0.05) is 29.8 Å². The van der Waals surface area contributed by atoms with Gasteiger partial charge in [-0.3, -0.25) is 0 Å². The fourth-order valence-electron chi connectivity index (χ4n) is 3.62. The van der Waals surface area contributed by atoms with E-state index in [0.717, 1.165) is 49.2 Å². The summed E-state index contributed by atoms with van der Waals surface area (Å²) in [6, 6.07) is 8.74. The molecule has 2 heterocycles. The quantitative estimate of drug-likeness (QED) is 0.318. The van der Waals surface area contributed by atoms with Gasteiger partial charge in [-0.2, -0.15) is 0 Å². The number of nitrogens with one attached hydrogen (secondary N) is 2. The Morgan fingerprint density at radius 3 is 2.62 bits per heavy atom. The molecule has 0 radical (unpaired) electrons. The maximum absolute atomic E-state index is 6.15. The summed E-state index contributed by atoms with van der Waals surface area (Å²) in [5.74, 6) is 1.30. The number of hydrogen-bond donors (Lipinski definition) is 2. The van der Waals surface area contributed by atoms with Crippen molar-refractivity contribution in [1.29, 1.82) is 0 Å². The van der Waals surface area contributed by atoms with Crippen LogP contribution in [0.5, 0.6) is 0 Å². The van der Waals surface area contributed by atoms with E-state index in [-0.39, 0.29) is 30.1 Å². The fraction of sp³-hybridized carbons (Fsp3) is 0.545. The number of aromatic nitrogens is 1. The van der Waals surface area contributed by atoms with Crippen LogP contribution < -0.4 is 10.6 Å². The van der Waals surface area contributed by atoms with Gasteiger partial charge in [0.05, 0.1) is 23.4 Å². The standard InChI is InChI=1S/C22H32N4OS.HI/c1-5-23-22(25-14-20-16(3)26-17(4)28-20)24-13-19-7-6-12-27-21(19)18-10-8-15(2)9-11-18;/h8-11,19,21H,5-7,12-14H2,1-4H3,(H2,23,24,25);1H.